The zero-order valence-corrected chi connectivity index (χ0v) is 14.5. The van der Waals surface area contributed by atoms with Crippen molar-refractivity contribution in [2.24, 2.45) is 0 Å². The molecule has 1 aromatic rings. The fraction of sp³-hybridized carbons (Fsp3) is 0.500. The number of carbonyl (C=O) groups excluding carboxylic acids is 1. The molecule has 0 saturated carbocycles. The molecule has 0 bridgehead atoms. The number of aliphatic carboxylic acids is 1. The summed E-state index contributed by atoms with van der Waals surface area (Å²) < 4.78 is 15.9. The lowest BCUT2D eigenvalue weighted by Gasteiger charge is -2.21. The number of rotatable bonds is 6. The highest BCUT2D eigenvalue weighted by molar-refractivity contribution is 6.32. The molecule has 7 nitrogen and oxygen atoms in total. The minimum atomic E-state index is -1.13. The van der Waals surface area contributed by atoms with Crippen LogP contribution in [0.25, 0.3) is 0 Å². The van der Waals surface area contributed by atoms with Crippen LogP contribution < -0.4 is 14.8 Å². The van der Waals surface area contributed by atoms with Crippen molar-refractivity contribution in [1.82, 2.24) is 5.32 Å². The van der Waals surface area contributed by atoms with Crippen LogP contribution in [0, 0.1) is 0 Å². The van der Waals surface area contributed by atoms with Gasteiger partial charge in [0.2, 0.25) is 6.79 Å². The average Bonchev–Trinajstić information content (AvgIpc) is 2.93. The lowest BCUT2D eigenvalue weighted by atomic mass is 10.1. The molecule has 0 radical (unpaired) electrons. The predicted molar refractivity (Wildman–Crippen MR) is 86.8 cm³/mol. The topological polar surface area (TPSA) is 94.1 Å². The Balaban J connectivity index is 2.03. The van der Waals surface area contributed by atoms with Crippen molar-refractivity contribution in [2.75, 3.05) is 13.4 Å². The molecule has 1 amide bonds. The molecule has 1 aliphatic heterocycles. The second kappa shape index (κ2) is 7.27. The van der Waals surface area contributed by atoms with E-state index >= 15 is 0 Å². The van der Waals surface area contributed by atoms with Gasteiger partial charge in [-0.1, -0.05) is 11.6 Å². The Morgan fingerprint density at radius 2 is 2.08 bits per heavy atom. The van der Waals surface area contributed by atoms with E-state index in [1.807, 2.05) is 20.8 Å². The summed E-state index contributed by atoms with van der Waals surface area (Å²) >= 11 is 6.03. The maximum Gasteiger partial charge on any atom is 0.326 e. The number of fused-ring (bicyclic) bond motifs is 1. The molecule has 1 unspecified atom stereocenters. The zero-order chi connectivity index (χ0) is 17.9. The summed E-state index contributed by atoms with van der Waals surface area (Å²) in [6.45, 7) is 5.85. The molecule has 1 aromatic carbocycles. The maximum atomic E-state index is 12.3. The van der Waals surface area contributed by atoms with Crippen LogP contribution in [0.4, 0.5) is 0 Å². The molecule has 24 heavy (non-hydrogen) atoms. The molecule has 8 heteroatoms. The van der Waals surface area contributed by atoms with Gasteiger partial charge in [0.1, 0.15) is 6.04 Å². The molecule has 0 aromatic heterocycles. The molecule has 0 spiro atoms. The summed E-state index contributed by atoms with van der Waals surface area (Å²) in [5.74, 6) is -0.955. The second-order valence-corrected chi connectivity index (χ2v) is 6.71. The van der Waals surface area contributed by atoms with Crippen LogP contribution in [0.15, 0.2) is 12.1 Å². The summed E-state index contributed by atoms with van der Waals surface area (Å²) in [5.41, 5.74) is -0.176. The molecular formula is C16H20ClNO6. The number of hydrogen-bond donors (Lipinski definition) is 2. The van der Waals surface area contributed by atoms with Crippen LogP contribution >= 0.6 is 11.6 Å². The first kappa shape index (κ1) is 18.4. The van der Waals surface area contributed by atoms with Crippen LogP contribution in [0.3, 0.4) is 0 Å². The molecule has 0 fully saturated rings. The Hall–Kier alpha value is -1.99. The summed E-state index contributed by atoms with van der Waals surface area (Å²) in [5, 5.41) is 12.0. The van der Waals surface area contributed by atoms with Crippen LogP contribution in [-0.4, -0.2) is 42.0 Å². The van der Waals surface area contributed by atoms with Gasteiger partial charge in [-0.25, -0.2) is 4.79 Å². The third-order valence-corrected chi connectivity index (χ3v) is 3.52. The standard InChI is InChI=1S/C16H20ClNO6/c1-16(2,3)24-5-4-11(15(20)21)18-14(19)9-6-10(17)13-12(7-9)22-8-23-13/h6-7,11H,4-5,8H2,1-3H3,(H,18,19)(H,20,21). The Morgan fingerprint density at radius 3 is 2.71 bits per heavy atom. The van der Waals surface area contributed by atoms with Gasteiger partial charge in [-0.2, -0.15) is 0 Å². The molecule has 1 atom stereocenters. The van der Waals surface area contributed by atoms with Crippen molar-refractivity contribution >= 4 is 23.5 Å². The van der Waals surface area contributed by atoms with Crippen molar-refractivity contribution in [3.8, 4) is 11.5 Å². The van der Waals surface area contributed by atoms with Gasteiger partial charge in [0, 0.05) is 18.6 Å². The van der Waals surface area contributed by atoms with Gasteiger partial charge in [-0.15, -0.1) is 0 Å². The van der Waals surface area contributed by atoms with Gasteiger partial charge in [0.05, 0.1) is 10.6 Å². The first-order chi connectivity index (χ1) is 11.2. The van der Waals surface area contributed by atoms with Crippen LogP contribution in [-0.2, 0) is 9.53 Å². The number of amides is 1. The second-order valence-electron chi connectivity index (χ2n) is 6.31. The van der Waals surface area contributed by atoms with Gasteiger partial charge in [0.25, 0.3) is 5.91 Å². The fourth-order valence-corrected chi connectivity index (χ4v) is 2.35. The van der Waals surface area contributed by atoms with E-state index in [0.717, 1.165) is 0 Å². The zero-order valence-electron chi connectivity index (χ0n) is 13.7. The van der Waals surface area contributed by atoms with Crippen LogP contribution in [0.5, 0.6) is 11.5 Å². The highest BCUT2D eigenvalue weighted by Crippen LogP contribution is 2.39. The number of nitrogens with one attached hydrogen (secondary N) is 1. The Morgan fingerprint density at radius 1 is 1.38 bits per heavy atom. The minimum Gasteiger partial charge on any atom is -0.480 e. The van der Waals surface area contributed by atoms with Crippen molar-refractivity contribution in [1.29, 1.82) is 0 Å². The van der Waals surface area contributed by atoms with E-state index < -0.39 is 17.9 Å². The Bertz CT molecular complexity index is 640. The first-order valence-electron chi connectivity index (χ1n) is 7.44. The average molecular weight is 358 g/mol. The van der Waals surface area contributed by atoms with Crippen molar-refractivity contribution in [3.05, 3.63) is 22.7 Å². The molecule has 0 aliphatic carbocycles. The Labute approximate surface area is 144 Å². The Kier molecular flexibility index (Phi) is 5.56. The van der Waals surface area contributed by atoms with E-state index in [-0.39, 0.29) is 36.0 Å². The molecule has 132 valence electrons. The highest BCUT2D eigenvalue weighted by atomic mass is 35.5. The number of hydrogen-bond acceptors (Lipinski definition) is 5. The summed E-state index contributed by atoms with van der Waals surface area (Å²) in [4.78, 5) is 23.6. The summed E-state index contributed by atoms with van der Waals surface area (Å²) in [6, 6.07) is 1.81. The number of halogens is 1. The fourth-order valence-electron chi connectivity index (χ4n) is 2.08. The quantitative estimate of drug-likeness (QED) is 0.812. The normalized spacial score (nSPS) is 14.3. The van der Waals surface area contributed by atoms with Gasteiger partial charge in [-0.3, -0.25) is 4.79 Å². The third-order valence-electron chi connectivity index (χ3n) is 3.23. The van der Waals surface area contributed by atoms with Crippen molar-refractivity contribution < 1.29 is 28.9 Å². The largest absolute Gasteiger partial charge is 0.480 e. The SMILES string of the molecule is CC(C)(C)OCCC(NC(=O)c1cc(Cl)c2c(c1)OCO2)C(=O)O. The highest BCUT2D eigenvalue weighted by Gasteiger charge is 2.25. The number of benzene rings is 1. The van der Waals surface area contributed by atoms with E-state index in [1.165, 1.54) is 12.1 Å². The monoisotopic (exact) mass is 357 g/mol. The van der Waals surface area contributed by atoms with Gasteiger partial charge in [-0.05, 0) is 32.9 Å². The molecule has 2 N–H and O–H groups in total. The minimum absolute atomic E-state index is 0.0298. The van der Waals surface area contributed by atoms with Gasteiger partial charge in [0.15, 0.2) is 11.5 Å². The lowest BCUT2D eigenvalue weighted by Crippen LogP contribution is -2.42. The smallest absolute Gasteiger partial charge is 0.326 e. The summed E-state index contributed by atoms with van der Waals surface area (Å²) in [6.07, 6.45) is 0.149. The lowest BCUT2D eigenvalue weighted by molar-refractivity contribution is -0.140. The maximum absolute atomic E-state index is 12.3. The van der Waals surface area contributed by atoms with Crippen LogP contribution in [0.1, 0.15) is 37.6 Å². The number of carboxylic acids is 1. The van der Waals surface area contributed by atoms with Gasteiger partial charge >= 0.3 is 5.97 Å². The molecular weight excluding hydrogens is 338 g/mol. The number of carbonyl (C=O) groups is 2. The van der Waals surface area contributed by atoms with E-state index in [2.05, 4.69) is 5.32 Å². The van der Waals surface area contributed by atoms with Gasteiger partial charge < -0.3 is 24.6 Å². The van der Waals surface area contributed by atoms with Crippen molar-refractivity contribution in [3.63, 3.8) is 0 Å². The van der Waals surface area contributed by atoms with Crippen LogP contribution in [0.2, 0.25) is 5.02 Å². The number of carboxylic acid groups (broad SMARTS) is 1. The third kappa shape index (κ3) is 4.75. The van der Waals surface area contributed by atoms with Crippen molar-refractivity contribution in [2.45, 2.75) is 38.8 Å². The van der Waals surface area contributed by atoms with E-state index in [1.54, 1.807) is 0 Å². The molecule has 1 aliphatic rings. The van der Waals surface area contributed by atoms with E-state index in [9.17, 15) is 14.7 Å². The number of ether oxygens (including phenoxy) is 3. The van der Waals surface area contributed by atoms with E-state index in [4.69, 9.17) is 25.8 Å². The molecule has 0 saturated heterocycles. The summed E-state index contributed by atoms with van der Waals surface area (Å²) in [7, 11) is 0. The molecule has 1 heterocycles. The van der Waals surface area contributed by atoms with E-state index in [0.29, 0.717) is 11.5 Å². The predicted octanol–water partition coefficient (Wildman–Crippen LogP) is 2.46. The molecule has 2 rings (SSSR count). The first-order valence-corrected chi connectivity index (χ1v) is 7.82.